The molecule has 0 amide bonds. The van der Waals surface area contributed by atoms with Gasteiger partial charge in [0.05, 0.1) is 6.10 Å². The zero-order chi connectivity index (χ0) is 19.4. The Balaban J connectivity index is 0. The van der Waals surface area contributed by atoms with E-state index < -0.39 is 5.97 Å². The number of aliphatic carboxylic acids is 1. The Morgan fingerprint density at radius 2 is 1.71 bits per heavy atom. The van der Waals surface area contributed by atoms with Gasteiger partial charge in [-0.15, -0.1) is 5.97 Å². The molecular formula is C19H23NNa2O6. The van der Waals surface area contributed by atoms with Crippen LogP contribution in [-0.2, 0) is 20.8 Å². The Morgan fingerprint density at radius 1 is 1.18 bits per heavy atom. The number of carbonyl (C=O) groups excluding carboxylic acids is 3. The molecule has 3 N–H and O–H groups in total. The van der Waals surface area contributed by atoms with Crippen molar-refractivity contribution in [2.45, 2.75) is 38.2 Å². The molecule has 0 radical (unpaired) electrons. The second-order valence-electron chi connectivity index (χ2n) is 5.92. The summed E-state index contributed by atoms with van der Waals surface area (Å²) in [5, 5.41) is 20.9. The van der Waals surface area contributed by atoms with E-state index in [2.05, 4.69) is 6.08 Å². The van der Waals surface area contributed by atoms with Crippen LogP contribution in [0.25, 0.3) is 0 Å². The number of carboxylic acid groups (broad SMARTS) is 1. The van der Waals surface area contributed by atoms with Gasteiger partial charge in [-0.05, 0) is 43.7 Å². The first kappa shape index (κ1) is 29.7. The first-order chi connectivity index (χ1) is 12.5. The summed E-state index contributed by atoms with van der Waals surface area (Å²) in [6.45, 7) is 0.928. The molecule has 0 unspecified atom stereocenters. The number of benzene rings is 1. The molecule has 1 fully saturated rings. The van der Waals surface area contributed by atoms with E-state index in [4.69, 9.17) is 20.1 Å². The van der Waals surface area contributed by atoms with Crippen LogP contribution in [0.2, 0.25) is 0 Å². The number of hydrogen-bond donors (Lipinski definition) is 2. The molecule has 1 aliphatic carbocycles. The molecule has 0 spiro atoms. The molecule has 0 aliphatic heterocycles. The Kier molecular flexibility index (Phi) is 18.5. The van der Waals surface area contributed by atoms with Crippen LogP contribution in [0, 0.1) is 12.0 Å². The Bertz CT molecular complexity index is 622. The van der Waals surface area contributed by atoms with Gasteiger partial charge in [0.15, 0.2) is 0 Å². The monoisotopic (exact) mass is 407 g/mol. The van der Waals surface area contributed by atoms with Crippen LogP contribution in [0.1, 0.15) is 31.2 Å². The third-order valence-electron chi connectivity index (χ3n) is 4.12. The summed E-state index contributed by atoms with van der Waals surface area (Å²) in [6, 6.07) is 7.44. The maximum Gasteiger partial charge on any atom is 1.00 e. The third-order valence-corrected chi connectivity index (χ3v) is 4.12. The maximum atomic E-state index is 11.4. The van der Waals surface area contributed by atoms with E-state index in [-0.39, 0.29) is 82.9 Å². The fourth-order valence-electron chi connectivity index (χ4n) is 2.83. The number of ether oxygens (including phenoxy) is 1. The topological polar surface area (TPSA) is 130 Å². The molecule has 7 nitrogen and oxygen atoms in total. The number of hydrogen-bond acceptors (Lipinski definition) is 7. The second kappa shape index (κ2) is 17.4. The molecule has 1 saturated carbocycles. The number of nitrogens with two attached hydrogens (primary N) is 1. The van der Waals surface area contributed by atoms with Crippen molar-refractivity contribution in [3.8, 4) is 5.75 Å². The Labute approximate surface area is 209 Å². The molecule has 2 rings (SSSR count). The van der Waals surface area contributed by atoms with E-state index in [0.717, 1.165) is 11.3 Å². The minimum atomic E-state index is -1.16. The van der Waals surface area contributed by atoms with Crippen LogP contribution < -0.4 is 74.7 Å². The van der Waals surface area contributed by atoms with E-state index in [0.29, 0.717) is 45.3 Å². The zero-order valence-electron chi connectivity index (χ0n) is 16.5. The predicted molar refractivity (Wildman–Crippen MR) is 89.4 cm³/mol. The van der Waals surface area contributed by atoms with Crippen LogP contribution in [0.15, 0.2) is 29.8 Å². The average Bonchev–Trinajstić information content (AvgIpc) is 2.63. The largest absolute Gasteiger partial charge is 1.00 e. The number of rotatable bonds is 7. The molecule has 9 heteroatoms. The normalized spacial score (nSPS) is 18.3. The minimum absolute atomic E-state index is 0. The fraction of sp³-hybridized carbons (Fsp3) is 0.474. The first-order valence-corrected chi connectivity index (χ1v) is 8.43. The molecular weight excluding hydrogens is 384 g/mol. The predicted octanol–water partition coefficient (Wildman–Crippen LogP) is -5.98. The van der Waals surface area contributed by atoms with Crippen LogP contribution in [0.3, 0.4) is 0 Å². The number of aliphatic hydroxyl groups is 1. The van der Waals surface area contributed by atoms with Crippen molar-refractivity contribution in [3.05, 3.63) is 41.5 Å². The van der Waals surface area contributed by atoms with Gasteiger partial charge in [-0.25, -0.2) is 0 Å². The van der Waals surface area contributed by atoms with Crippen LogP contribution in [0.4, 0.5) is 0 Å². The van der Waals surface area contributed by atoms with Gasteiger partial charge in [-0.3, -0.25) is 6.08 Å². The average molecular weight is 407 g/mol. The third kappa shape index (κ3) is 11.5. The van der Waals surface area contributed by atoms with E-state index >= 15 is 0 Å². The van der Waals surface area contributed by atoms with Crippen molar-refractivity contribution in [3.63, 3.8) is 0 Å². The fourth-order valence-corrected chi connectivity index (χ4v) is 2.83. The number of carboxylic acids is 1. The van der Waals surface area contributed by atoms with Crippen molar-refractivity contribution in [1.29, 1.82) is 0 Å². The van der Waals surface area contributed by atoms with Gasteiger partial charge < -0.3 is 25.5 Å². The number of carbonyl (C=O) groups is 1. The van der Waals surface area contributed by atoms with Crippen molar-refractivity contribution < 1.29 is 88.4 Å². The molecule has 0 saturated heterocycles. The maximum absolute atomic E-state index is 11.4. The molecule has 0 atom stereocenters. The smallest absolute Gasteiger partial charge is 0.658 e. The van der Waals surface area contributed by atoms with Gasteiger partial charge in [0.25, 0.3) is 0 Å². The van der Waals surface area contributed by atoms with Gasteiger partial charge in [0, 0.05) is 6.54 Å². The van der Waals surface area contributed by atoms with Gasteiger partial charge in [-0.1, -0.05) is 24.1 Å². The summed E-state index contributed by atoms with van der Waals surface area (Å²) in [4.78, 5) is 27.6. The molecule has 1 aromatic rings. The van der Waals surface area contributed by atoms with Gasteiger partial charge >= 0.3 is 65.3 Å². The summed E-state index contributed by atoms with van der Waals surface area (Å²) in [7, 11) is 0. The van der Waals surface area contributed by atoms with Crippen molar-refractivity contribution in [2.24, 2.45) is 11.7 Å². The zero-order valence-corrected chi connectivity index (χ0v) is 20.5. The first-order valence-electron chi connectivity index (χ1n) is 8.43. The molecule has 1 aromatic carbocycles. The molecule has 28 heavy (non-hydrogen) atoms. The molecule has 0 aromatic heterocycles. The minimum Gasteiger partial charge on any atom is -0.658 e. The SMILES string of the molecule is NCCOc1ccc(C[C-]=C(C(=O)[O-])C2CCC(O)CC2)cc1.O=C=O.[Na+].[Na+]. The van der Waals surface area contributed by atoms with E-state index in [9.17, 15) is 15.0 Å². The quantitative estimate of drug-likeness (QED) is 0.262. The van der Waals surface area contributed by atoms with Gasteiger partial charge in [0.1, 0.15) is 12.4 Å². The molecule has 0 bridgehead atoms. The van der Waals surface area contributed by atoms with Crippen LogP contribution in [-0.4, -0.2) is 36.5 Å². The summed E-state index contributed by atoms with van der Waals surface area (Å²) in [5.41, 5.74) is 6.57. The van der Waals surface area contributed by atoms with Gasteiger partial charge in [-0.2, -0.15) is 15.2 Å². The van der Waals surface area contributed by atoms with Gasteiger partial charge in [0.2, 0.25) is 0 Å². The Morgan fingerprint density at radius 3 is 2.18 bits per heavy atom. The van der Waals surface area contributed by atoms with Crippen LogP contribution >= 0.6 is 0 Å². The summed E-state index contributed by atoms with van der Waals surface area (Å²) in [5.74, 6) is -0.491. The van der Waals surface area contributed by atoms with E-state index in [1.807, 2.05) is 24.3 Å². The molecule has 142 valence electrons. The molecule has 1 aliphatic rings. The van der Waals surface area contributed by atoms with Crippen LogP contribution in [0.5, 0.6) is 5.75 Å². The Hall–Kier alpha value is -0.470. The summed E-state index contributed by atoms with van der Waals surface area (Å²) < 4.78 is 5.40. The summed E-state index contributed by atoms with van der Waals surface area (Å²) >= 11 is 0. The molecule has 0 heterocycles. The second-order valence-corrected chi connectivity index (χ2v) is 5.92. The summed E-state index contributed by atoms with van der Waals surface area (Å²) in [6.07, 6.45) is 5.96. The number of allylic oxidation sites excluding steroid dienone is 1. The van der Waals surface area contributed by atoms with E-state index in [1.54, 1.807) is 0 Å². The van der Waals surface area contributed by atoms with Crippen molar-refractivity contribution >= 4 is 12.1 Å². The van der Waals surface area contributed by atoms with Crippen molar-refractivity contribution in [1.82, 2.24) is 0 Å². The van der Waals surface area contributed by atoms with Crippen molar-refractivity contribution in [2.75, 3.05) is 13.2 Å². The number of aliphatic hydroxyl groups excluding tert-OH is 1. The van der Waals surface area contributed by atoms with E-state index in [1.165, 1.54) is 0 Å². The standard InChI is InChI=1S/C18H24NO4.CO2.2Na/c19-11-12-23-16-8-1-13(2-9-16)3-10-17(18(21)22)14-4-6-15(20)7-5-14;2-1-3;;/h1-2,8-9,14-15,20H,3-7,11-12,19H2,(H,21,22);;;/q-1;;2*+1/p-1.